The highest BCUT2D eigenvalue weighted by molar-refractivity contribution is 5.70. The number of aliphatic carboxylic acids is 1. The number of hydrogen-bond acceptors (Lipinski definition) is 8. The van der Waals surface area contributed by atoms with Gasteiger partial charge in [-0.25, -0.2) is 0 Å². The summed E-state index contributed by atoms with van der Waals surface area (Å²) in [5, 5.41) is 11.8. The fraction of sp³-hybridized carbons (Fsp3) is 0.754. The van der Waals surface area contributed by atoms with Gasteiger partial charge in [0, 0.05) is 12.8 Å². The number of unbranched alkanes of at least 4 members (excludes halogenated alkanes) is 30. The summed E-state index contributed by atoms with van der Waals surface area (Å²) < 4.78 is 22.7. The van der Waals surface area contributed by atoms with Crippen LogP contribution in [0.15, 0.2) is 85.1 Å². The summed E-state index contributed by atoms with van der Waals surface area (Å²) in [6.07, 6.45) is 76.6. The van der Waals surface area contributed by atoms with Crippen LogP contribution in [0.25, 0.3) is 0 Å². The Morgan fingerprint density at radius 3 is 1.09 bits per heavy atom. The SMILES string of the molecule is CC/C=C\C/C=C\C/C=C\C/C=C\C/C=C\C/C=C\C/C=C\CCCCCCCCCCCCCCCCCCCC(=O)OC(COC(=O)CCCCCCCCCCCCCCCC)COC(OCC[N+](C)(C)C)C(=O)[O-]. The van der Waals surface area contributed by atoms with Crippen LogP contribution in [-0.4, -0.2) is 82.3 Å². The standard InChI is InChI=1S/C69H121NO8/c1-6-8-10-12-14-16-18-20-22-23-24-25-26-27-28-29-30-31-32-33-34-35-36-37-38-39-40-41-42-43-44-45-46-48-50-52-54-56-58-60-67(72)78-65(64-77-69(68(73)74)75-62-61-70(3,4)5)63-76-66(71)59-57-55-53-51-49-47-21-19-17-15-13-11-9-7-2/h8,10,14,16,20,22,24-25,27-28,30-31,33-34,65,69H,6-7,9,11-13,15,17-19,21,23,26,29,32,35-64H2,1-5H3/b10-8-,16-14-,22-20-,25-24-,28-27-,31-30-,34-33-. The van der Waals surface area contributed by atoms with E-state index in [0.29, 0.717) is 23.9 Å². The Kier molecular flexibility index (Phi) is 56.9. The minimum atomic E-state index is -1.62. The number of carbonyl (C=O) groups excluding carboxylic acids is 3. The van der Waals surface area contributed by atoms with Gasteiger partial charge in [0.1, 0.15) is 13.2 Å². The van der Waals surface area contributed by atoms with Crippen molar-refractivity contribution in [1.29, 1.82) is 0 Å². The molecule has 2 unspecified atom stereocenters. The minimum Gasteiger partial charge on any atom is -0.545 e. The fourth-order valence-corrected chi connectivity index (χ4v) is 8.99. The summed E-state index contributed by atoms with van der Waals surface area (Å²) >= 11 is 0. The second kappa shape index (κ2) is 59.6. The van der Waals surface area contributed by atoms with Gasteiger partial charge in [-0.05, 0) is 70.6 Å². The van der Waals surface area contributed by atoms with E-state index in [0.717, 1.165) is 77.0 Å². The summed E-state index contributed by atoms with van der Waals surface area (Å²) in [4.78, 5) is 37.3. The molecule has 0 N–H and O–H groups in total. The molecule has 0 radical (unpaired) electrons. The summed E-state index contributed by atoms with van der Waals surface area (Å²) in [7, 11) is 5.93. The van der Waals surface area contributed by atoms with Crippen molar-refractivity contribution in [1.82, 2.24) is 0 Å². The first kappa shape index (κ1) is 74.5. The lowest BCUT2D eigenvalue weighted by atomic mass is 10.0. The average molecular weight is 1090 g/mol. The zero-order valence-electron chi connectivity index (χ0n) is 51.3. The number of allylic oxidation sites excluding steroid dienone is 14. The molecule has 0 fully saturated rings. The largest absolute Gasteiger partial charge is 0.545 e. The monoisotopic (exact) mass is 1090 g/mol. The van der Waals surface area contributed by atoms with Gasteiger partial charge in [-0.2, -0.15) is 0 Å². The molecule has 9 nitrogen and oxygen atoms in total. The predicted molar refractivity (Wildman–Crippen MR) is 329 cm³/mol. The zero-order chi connectivity index (χ0) is 56.9. The summed E-state index contributed by atoms with van der Waals surface area (Å²) in [5.74, 6) is -2.27. The van der Waals surface area contributed by atoms with Gasteiger partial charge in [0.05, 0.1) is 40.3 Å². The molecular formula is C69H121NO8. The summed E-state index contributed by atoms with van der Waals surface area (Å²) in [5.41, 5.74) is 0. The predicted octanol–water partition coefficient (Wildman–Crippen LogP) is 18.2. The van der Waals surface area contributed by atoms with Crippen molar-refractivity contribution in [2.75, 3.05) is 47.5 Å². The molecule has 0 heterocycles. The van der Waals surface area contributed by atoms with Crippen molar-refractivity contribution in [3.05, 3.63) is 85.1 Å². The number of carboxylic acids is 1. The highest BCUT2D eigenvalue weighted by Crippen LogP contribution is 2.17. The molecule has 0 bridgehead atoms. The lowest BCUT2D eigenvalue weighted by Gasteiger charge is -2.26. The quantitative estimate of drug-likeness (QED) is 0.0195. The van der Waals surface area contributed by atoms with Gasteiger partial charge >= 0.3 is 11.9 Å². The van der Waals surface area contributed by atoms with Crippen LogP contribution in [0.3, 0.4) is 0 Å². The van der Waals surface area contributed by atoms with E-state index >= 15 is 0 Å². The van der Waals surface area contributed by atoms with E-state index in [1.165, 1.54) is 167 Å². The Morgan fingerprint density at radius 1 is 0.397 bits per heavy atom. The van der Waals surface area contributed by atoms with E-state index in [1.54, 1.807) is 0 Å². The molecule has 0 saturated heterocycles. The normalized spacial score (nSPS) is 13.3. The Hall–Kier alpha value is -3.53. The molecule has 0 aromatic carbocycles. The van der Waals surface area contributed by atoms with Gasteiger partial charge in [-0.1, -0.05) is 279 Å². The van der Waals surface area contributed by atoms with Gasteiger partial charge in [0.25, 0.3) is 0 Å². The van der Waals surface area contributed by atoms with Crippen molar-refractivity contribution < 1.29 is 42.9 Å². The van der Waals surface area contributed by atoms with Crippen molar-refractivity contribution >= 4 is 17.9 Å². The van der Waals surface area contributed by atoms with E-state index in [9.17, 15) is 19.5 Å². The first-order valence-electron chi connectivity index (χ1n) is 32.2. The molecule has 2 atom stereocenters. The van der Waals surface area contributed by atoms with E-state index in [1.807, 2.05) is 21.1 Å². The smallest absolute Gasteiger partial charge is 0.306 e. The molecule has 78 heavy (non-hydrogen) atoms. The number of esters is 2. The van der Waals surface area contributed by atoms with Crippen LogP contribution in [0, 0.1) is 0 Å². The molecule has 0 amide bonds. The number of carboxylic acid groups (broad SMARTS) is 1. The van der Waals surface area contributed by atoms with Gasteiger partial charge in [0.2, 0.25) is 0 Å². The average Bonchev–Trinajstić information content (AvgIpc) is 3.41. The number of quaternary nitrogens is 1. The van der Waals surface area contributed by atoms with E-state index in [-0.39, 0.29) is 32.2 Å². The third-order valence-corrected chi connectivity index (χ3v) is 13.9. The lowest BCUT2D eigenvalue weighted by Crippen LogP contribution is -2.44. The topological polar surface area (TPSA) is 111 Å². The number of ether oxygens (including phenoxy) is 4. The maximum absolute atomic E-state index is 12.9. The minimum absolute atomic E-state index is 0.148. The zero-order valence-corrected chi connectivity index (χ0v) is 51.3. The first-order chi connectivity index (χ1) is 38.1. The highest BCUT2D eigenvalue weighted by atomic mass is 16.7. The van der Waals surface area contributed by atoms with Gasteiger partial charge in [-0.15, -0.1) is 0 Å². The molecule has 0 saturated carbocycles. The number of hydrogen-bond donors (Lipinski definition) is 0. The molecule has 0 aromatic heterocycles. The summed E-state index contributed by atoms with van der Waals surface area (Å²) in [6.45, 7) is 4.66. The van der Waals surface area contributed by atoms with Crippen LogP contribution in [0.2, 0.25) is 0 Å². The van der Waals surface area contributed by atoms with E-state index < -0.39 is 24.3 Å². The highest BCUT2D eigenvalue weighted by Gasteiger charge is 2.22. The van der Waals surface area contributed by atoms with Crippen LogP contribution in [0.1, 0.15) is 277 Å². The van der Waals surface area contributed by atoms with E-state index in [2.05, 4.69) is 98.9 Å². The van der Waals surface area contributed by atoms with Crippen LogP contribution >= 0.6 is 0 Å². The second-order valence-electron chi connectivity index (χ2n) is 22.7. The Bertz CT molecular complexity index is 1550. The van der Waals surface area contributed by atoms with Crippen LogP contribution < -0.4 is 5.11 Å². The van der Waals surface area contributed by atoms with Crippen molar-refractivity contribution in [2.45, 2.75) is 289 Å². The van der Waals surface area contributed by atoms with Gasteiger partial charge < -0.3 is 33.3 Å². The first-order valence-corrected chi connectivity index (χ1v) is 32.2. The maximum Gasteiger partial charge on any atom is 0.306 e. The Labute approximate surface area is 480 Å². The van der Waals surface area contributed by atoms with Crippen molar-refractivity contribution in [2.24, 2.45) is 0 Å². The van der Waals surface area contributed by atoms with Crippen molar-refractivity contribution in [3.8, 4) is 0 Å². The molecule has 0 aromatic rings. The molecule has 0 spiro atoms. The van der Waals surface area contributed by atoms with Crippen molar-refractivity contribution in [3.63, 3.8) is 0 Å². The maximum atomic E-state index is 12.9. The lowest BCUT2D eigenvalue weighted by molar-refractivity contribution is -0.870. The molecule has 450 valence electrons. The molecule has 0 aliphatic carbocycles. The van der Waals surface area contributed by atoms with Crippen LogP contribution in [0.4, 0.5) is 0 Å². The molecular weight excluding hydrogens is 971 g/mol. The summed E-state index contributed by atoms with van der Waals surface area (Å²) in [6, 6.07) is 0. The van der Waals surface area contributed by atoms with Crippen LogP contribution in [0.5, 0.6) is 0 Å². The Balaban J connectivity index is 4.02. The Morgan fingerprint density at radius 2 is 0.731 bits per heavy atom. The van der Waals surface area contributed by atoms with Gasteiger partial charge in [0.15, 0.2) is 12.4 Å². The second-order valence-corrected chi connectivity index (χ2v) is 22.7. The van der Waals surface area contributed by atoms with Gasteiger partial charge in [-0.3, -0.25) is 9.59 Å². The number of rotatable bonds is 59. The molecule has 0 aliphatic rings. The molecule has 0 rings (SSSR count). The fourth-order valence-electron chi connectivity index (χ4n) is 8.99. The molecule has 0 aliphatic heterocycles. The van der Waals surface area contributed by atoms with Crippen LogP contribution in [-0.2, 0) is 33.3 Å². The third kappa shape index (κ3) is 60.1. The number of nitrogens with zero attached hydrogens (tertiary/aromatic N) is 1. The number of carbonyl (C=O) groups is 3. The third-order valence-electron chi connectivity index (χ3n) is 13.9. The number of likely N-dealkylation sites (N-methyl/N-ethyl adjacent to an activating group) is 1. The molecule has 9 heteroatoms. The van der Waals surface area contributed by atoms with E-state index in [4.69, 9.17) is 18.9 Å².